The molecule has 3 amide bonds. The number of aromatic amines is 1. The highest BCUT2D eigenvalue weighted by Gasteiger charge is 2.69. The fraction of sp³-hybridized carbons (Fsp3) is 0.345. The first-order valence-corrected chi connectivity index (χ1v) is 15.1. The van der Waals surface area contributed by atoms with Crippen LogP contribution in [0.1, 0.15) is 22.8 Å². The van der Waals surface area contributed by atoms with Gasteiger partial charge in [-0.1, -0.05) is 23.5 Å². The lowest BCUT2D eigenvalue weighted by molar-refractivity contribution is -0.149. The highest BCUT2D eigenvalue weighted by molar-refractivity contribution is 8.00. The number of amides is 3. The SMILES string of the molecule is O=C(O)CN1C(=O)C2C3CC(C2C1=O)C1C3Sc2[nH]c(=O)sc2[C@@H]1c1ccc(OCC(=O)Nc2ccc(F)cc2)cc1. The van der Waals surface area contributed by atoms with E-state index in [9.17, 15) is 33.5 Å². The van der Waals surface area contributed by atoms with E-state index in [2.05, 4.69) is 10.3 Å². The first-order chi connectivity index (χ1) is 20.2. The van der Waals surface area contributed by atoms with E-state index in [0.29, 0.717) is 17.9 Å². The molecule has 2 aliphatic heterocycles. The van der Waals surface area contributed by atoms with Gasteiger partial charge in [0.2, 0.25) is 11.8 Å². The van der Waals surface area contributed by atoms with Crippen LogP contribution >= 0.6 is 23.1 Å². The quantitative estimate of drug-likeness (QED) is 0.347. The van der Waals surface area contributed by atoms with Gasteiger partial charge in [0.05, 0.1) is 16.9 Å². The van der Waals surface area contributed by atoms with E-state index in [1.165, 1.54) is 24.3 Å². The van der Waals surface area contributed by atoms with Gasteiger partial charge < -0.3 is 20.1 Å². The minimum atomic E-state index is -1.22. The minimum Gasteiger partial charge on any atom is -0.484 e. The average molecular weight is 610 g/mol. The molecule has 3 aromatic rings. The van der Waals surface area contributed by atoms with Gasteiger partial charge in [-0.3, -0.25) is 28.9 Å². The molecule has 13 heteroatoms. The Morgan fingerprint density at radius 2 is 1.71 bits per heavy atom. The number of nitrogens with zero attached hydrogens (tertiary/aromatic N) is 1. The van der Waals surface area contributed by atoms with Gasteiger partial charge in [-0.25, -0.2) is 4.39 Å². The molecule has 2 aliphatic carbocycles. The zero-order chi connectivity index (χ0) is 29.3. The van der Waals surface area contributed by atoms with Crippen molar-refractivity contribution in [2.75, 3.05) is 18.5 Å². The standard InChI is InChI=1S/C29H24FN3O7S2/c30-13-3-5-14(6-4-13)31-18(34)11-40-15-7-1-12(2-8-15)20-21-16-9-17(24(21)41-26-25(20)42-29(39)32-26)23-22(16)27(37)33(28(23)38)10-19(35)36/h1-8,16-17,20-24H,9-11H2,(H,31,34)(H,32,39)(H,35,36)/t16?,17?,20-,21?,22?,23?,24?/m1/s1. The van der Waals surface area contributed by atoms with Crippen molar-refractivity contribution < 1.29 is 33.4 Å². The first kappa shape index (κ1) is 26.9. The number of aliphatic carboxylic acids is 1. The average Bonchev–Trinajstić information content (AvgIpc) is 3.69. The molecule has 3 heterocycles. The van der Waals surface area contributed by atoms with Crippen molar-refractivity contribution in [3.63, 3.8) is 0 Å². The summed E-state index contributed by atoms with van der Waals surface area (Å²) in [5.74, 6) is -3.86. The fourth-order valence-electron chi connectivity index (χ4n) is 7.39. The maximum absolute atomic E-state index is 13.3. The van der Waals surface area contributed by atoms with Crippen LogP contribution in [0.3, 0.4) is 0 Å². The monoisotopic (exact) mass is 609 g/mol. The van der Waals surface area contributed by atoms with Crippen molar-refractivity contribution in [3.8, 4) is 5.75 Å². The summed E-state index contributed by atoms with van der Waals surface area (Å²) in [6.45, 7) is -0.874. The van der Waals surface area contributed by atoms with E-state index in [1.54, 1.807) is 23.9 Å². The maximum atomic E-state index is 13.3. The van der Waals surface area contributed by atoms with E-state index >= 15 is 0 Å². The molecule has 1 saturated heterocycles. The number of halogens is 1. The second-order valence-electron chi connectivity index (χ2n) is 11.0. The summed E-state index contributed by atoms with van der Waals surface area (Å²) in [6.07, 6.45) is 0.704. The lowest BCUT2D eigenvalue weighted by Crippen LogP contribution is -2.42. The Kier molecular flexibility index (Phi) is 6.46. The number of hydrogen-bond donors (Lipinski definition) is 3. The van der Waals surface area contributed by atoms with E-state index in [-0.39, 0.29) is 40.4 Å². The third-order valence-corrected chi connectivity index (χ3v) is 11.4. The third kappa shape index (κ3) is 4.33. The minimum absolute atomic E-state index is 0.00777. The number of imide groups is 1. The lowest BCUT2D eigenvalue weighted by Gasteiger charge is -2.43. The Bertz CT molecular complexity index is 1670. The Morgan fingerprint density at radius 1 is 1.02 bits per heavy atom. The molecule has 2 bridgehead atoms. The van der Waals surface area contributed by atoms with Gasteiger partial charge in [0.25, 0.3) is 5.91 Å². The van der Waals surface area contributed by atoms with Gasteiger partial charge in [-0.2, -0.15) is 0 Å². The highest BCUT2D eigenvalue weighted by Crippen LogP contribution is 2.68. The number of likely N-dealkylation sites (tertiary alicyclic amines) is 1. The number of anilines is 1. The van der Waals surface area contributed by atoms with E-state index in [4.69, 9.17) is 4.74 Å². The van der Waals surface area contributed by atoms with Crippen LogP contribution in [0.15, 0.2) is 58.4 Å². The molecule has 2 saturated carbocycles. The Balaban J connectivity index is 1.13. The lowest BCUT2D eigenvalue weighted by atomic mass is 9.68. The predicted molar refractivity (Wildman–Crippen MR) is 150 cm³/mol. The molecule has 6 unspecified atom stereocenters. The summed E-state index contributed by atoms with van der Waals surface area (Å²) >= 11 is 2.71. The van der Waals surface area contributed by atoms with Crippen LogP contribution < -0.4 is 14.9 Å². The van der Waals surface area contributed by atoms with Crippen molar-refractivity contribution in [1.82, 2.24) is 9.88 Å². The van der Waals surface area contributed by atoms with Crippen molar-refractivity contribution in [3.05, 3.63) is 74.5 Å². The zero-order valence-corrected chi connectivity index (χ0v) is 23.5. The van der Waals surface area contributed by atoms with Crippen LogP contribution in [0.2, 0.25) is 0 Å². The number of nitrogens with one attached hydrogen (secondary N) is 2. The van der Waals surface area contributed by atoms with Gasteiger partial charge in [0.15, 0.2) is 6.61 Å². The second kappa shape index (κ2) is 10.1. The fourth-order valence-corrected chi connectivity index (χ4v) is 10.3. The normalized spacial score (nSPS) is 28.8. The number of benzene rings is 2. The van der Waals surface area contributed by atoms with E-state index in [1.807, 2.05) is 12.1 Å². The van der Waals surface area contributed by atoms with Gasteiger partial charge in [-0.15, -0.1) is 11.8 Å². The highest BCUT2D eigenvalue weighted by atomic mass is 32.2. The molecule has 2 aromatic carbocycles. The molecule has 1 aromatic heterocycles. The van der Waals surface area contributed by atoms with E-state index < -0.39 is 47.9 Å². The molecule has 0 spiro atoms. The number of thiazole rings is 1. The molecule has 216 valence electrons. The number of H-pyrrole nitrogens is 1. The third-order valence-electron chi connectivity index (χ3n) is 8.85. The Labute approximate surface area is 246 Å². The van der Waals surface area contributed by atoms with Crippen molar-refractivity contribution in [2.45, 2.75) is 22.6 Å². The molecular weight excluding hydrogens is 585 g/mol. The molecule has 10 nitrogen and oxygen atoms in total. The predicted octanol–water partition coefficient (Wildman–Crippen LogP) is 3.15. The molecule has 42 heavy (non-hydrogen) atoms. The molecule has 3 N–H and O–H groups in total. The van der Waals surface area contributed by atoms with Crippen LogP contribution in [0.5, 0.6) is 5.75 Å². The summed E-state index contributed by atoms with van der Waals surface area (Å²) in [5.41, 5.74) is 1.38. The summed E-state index contributed by atoms with van der Waals surface area (Å²) in [7, 11) is 0. The number of carboxylic acids is 1. The maximum Gasteiger partial charge on any atom is 0.323 e. The number of fused-ring (bicyclic) bond motifs is 9. The number of hydrogen-bond acceptors (Lipinski definition) is 8. The summed E-state index contributed by atoms with van der Waals surface area (Å²) in [6, 6.07) is 12.7. The Morgan fingerprint density at radius 3 is 2.40 bits per heavy atom. The number of ether oxygens (including phenoxy) is 1. The van der Waals surface area contributed by atoms with Gasteiger partial charge in [0, 0.05) is 21.7 Å². The summed E-state index contributed by atoms with van der Waals surface area (Å²) in [4.78, 5) is 67.1. The molecule has 0 radical (unpaired) electrons. The van der Waals surface area contributed by atoms with Gasteiger partial charge >= 0.3 is 10.8 Å². The topological polar surface area (TPSA) is 146 Å². The second-order valence-corrected chi connectivity index (χ2v) is 13.2. The van der Waals surface area contributed by atoms with E-state index in [0.717, 1.165) is 31.7 Å². The number of carboxylic acid groups (broad SMARTS) is 1. The van der Waals surface area contributed by atoms with Gasteiger partial charge in [0.1, 0.15) is 18.1 Å². The molecule has 4 aliphatic rings. The molecule has 3 fully saturated rings. The number of aromatic nitrogens is 1. The summed E-state index contributed by atoms with van der Waals surface area (Å²) in [5, 5.41) is 12.7. The Hall–Kier alpha value is -3.97. The molecule has 7 rings (SSSR count). The van der Waals surface area contributed by atoms with Crippen LogP contribution in [0.4, 0.5) is 10.1 Å². The molecular formula is C29H24FN3O7S2. The largest absolute Gasteiger partial charge is 0.484 e. The van der Waals surface area contributed by atoms with Crippen molar-refractivity contribution >= 4 is 52.5 Å². The van der Waals surface area contributed by atoms with Crippen LogP contribution in [0.25, 0.3) is 0 Å². The smallest absolute Gasteiger partial charge is 0.323 e. The van der Waals surface area contributed by atoms with Crippen LogP contribution in [-0.4, -0.2) is 57.1 Å². The van der Waals surface area contributed by atoms with Crippen LogP contribution in [-0.2, 0) is 19.2 Å². The number of carbonyl (C=O) groups excluding carboxylic acids is 3. The molecule has 7 atom stereocenters. The van der Waals surface area contributed by atoms with Crippen LogP contribution in [0, 0.1) is 35.4 Å². The number of rotatable bonds is 7. The van der Waals surface area contributed by atoms with Crippen molar-refractivity contribution in [1.29, 1.82) is 0 Å². The number of carbonyl (C=O) groups is 4. The first-order valence-electron chi connectivity index (χ1n) is 13.4. The number of thioether (sulfide) groups is 1. The zero-order valence-electron chi connectivity index (χ0n) is 21.8. The van der Waals surface area contributed by atoms with Crippen molar-refractivity contribution in [2.24, 2.45) is 29.6 Å². The summed E-state index contributed by atoms with van der Waals surface area (Å²) < 4.78 is 18.8. The van der Waals surface area contributed by atoms with Gasteiger partial charge in [-0.05, 0) is 66.1 Å².